The van der Waals surface area contributed by atoms with E-state index in [2.05, 4.69) is 4.99 Å². The van der Waals surface area contributed by atoms with Crippen molar-refractivity contribution in [1.82, 2.24) is 0 Å². The molecule has 4 nitrogen and oxygen atoms in total. The van der Waals surface area contributed by atoms with Gasteiger partial charge in [-0.25, -0.2) is 4.99 Å². The molecule has 0 aliphatic carbocycles. The zero-order chi connectivity index (χ0) is 7.82. The van der Waals surface area contributed by atoms with Crippen LogP contribution < -0.4 is 0 Å². The van der Waals surface area contributed by atoms with E-state index in [1.54, 1.807) is 7.05 Å². The molecule has 0 amide bonds. The van der Waals surface area contributed by atoms with Gasteiger partial charge in [-0.15, -0.1) is 0 Å². The first kappa shape index (κ1) is 9.23. The largest absolute Gasteiger partial charge is 0.451 e. The lowest BCUT2D eigenvalue weighted by Crippen LogP contribution is -2.12. The standard InChI is InChI=1S/C6H13NO3/c1-3-9-6(7-2)10-5-4-8/h8H,3-5H2,1-2H3. The second-order valence-electron chi connectivity index (χ2n) is 1.49. The number of aliphatic hydroxyl groups is 1. The maximum absolute atomic E-state index is 8.34. The molecule has 0 aliphatic heterocycles. The quantitative estimate of drug-likeness (QED) is 0.452. The van der Waals surface area contributed by atoms with Crippen LogP contribution in [0.2, 0.25) is 0 Å². The van der Waals surface area contributed by atoms with E-state index < -0.39 is 0 Å². The molecule has 0 rings (SSSR count). The van der Waals surface area contributed by atoms with Crippen LogP contribution in [0, 0.1) is 0 Å². The summed E-state index contributed by atoms with van der Waals surface area (Å²) in [6, 6.07) is 0. The average Bonchev–Trinajstić information content (AvgIpc) is 1.98. The summed E-state index contributed by atoms with van der Waals surface area (Å²) in [6.07, 6.45) is 0.233. The first-order valence-corrected chi connectivity index (χ1v) is 3.18. The Hall–Kier alpha value is -0.770. The normalized spacial score (nSPS) is 11.3. The van der Waals surface area contributed by atoms with E-state index in [0.29, 0.717) is 6.61 Å². The fraction of sp³-hybridized carbons (Fsp3) is 0.833. The molecule has 0 fully saturated rings. The van der Waals surface area contributed by atoms with Crippen LogP contribution in [-0.4, -0.2) is 38.1 Å². The summed E-state index contributed by atoms with van der Waals surface area (Å²) in [5, 5.41) is 8.34. The topological polar surface area (TPSA) is 51.0 Å². The van der Waals surface area contributed by atoms with E-state index >= 15 is 0 Å². The van der Waals surface area contributed by atoms with E-state index in [4.69, 9.17) is 14.6 Å². The van der Waals surface area contributed by atoms with Crippen molar-refractivity contribution in [2.24, 2.45) is 4.99 Å². The number of hydrogen-bond donors (Lipinski definition) is 1. The van der Waals surface area contributed by atoms with E-state index in [1.807, 2.05) is 6.92 Å². The number of ether oxygens (including phenoxy) is 2. The molecule has 0 aliphatic rings. The second-order valence-corrected chi connectivity index (χ2v) is 1.49. The lowest BCUT2D eigenvalue weighted by Gasteiger charge is -2.05. The SMILES string of the molecule is CCOC(=NC)OCCO. The van der Waals surface area contributed by atoms with Crippen molar-refractivity contribution in [2.45, 2.75) is 6.92 Å². The Bertz CT molecular complexity index is 103. The van der Waals surface area contributed by atoms with Gasteiger partial charge < -0.3 is 14.6 Å². The maximum Gasteiger partial charge on any atom is 0.383 e. The minimum Gasteiger partial charge on any atom is -0.451 e. The van der Waals surface area contributed by atoms with E-state index in [9.17, 15) is 0 Å². The maximum atomic E-state index is 8.34. The molecule has 0 aromatic heterocycles. The summed E-state index contributed by atoms with van der Waals surface area (Å²) in [4.78, 5) is 3.68. The molecular weight excluding hydrogens is 134 g/mol. The van der Waals surface area contributed by atoms with Crippen LogP contribution in [-0.2, 0) is 9.47 Å². The van der Waals surface area contributed by atoms with Crippen LogP contribution in [0.4, 0.5) is 0 Å². The van der Waals surface area contributed by atoms with Gasteiger partial charge in [-0.05, 0) is 6.92 Å². The Labute approximate surface area is 60.5 Å². The van der Waals surface area contributed by atoms with Crippen molar-refractivity contribution in [2.75, 3.05) is 26.9 Å². The van der Waals surface area contributed by atoms with E-state index in [0.717, 1.165) is 0 Å². The lowest BCUT2D eigenvalue weighted by molar-refractivity contribution is 0.134. The molecule has 4 heteroatoms. The smallest absolute Gasteiger partial charge is 0.383 e. The van der Waals surface area contributed by atoms with Crippen molar-refractivity contribution in [3.05, 3.63) is 0 Å². The second kappa shape index (κ2) is 6.35. The third-order valence-corrected chi connectivity index (χ3v) is 0.767. The summed E-state index contributed by atoms with van der Waals surface area (Å²) in [6.45, 7) is 2.57. The molecule has 60 valence electrons. The van der Waals surface area contributed by atoms with Gasteiger partial charge in [-0.1, -0.05) is 0 Å². The minimum atomic E-state index is -0.0217. The Kier molecular flexibility index (Phi) is 5.86. The predicted molar refractivity (Wildman–Crippen MR) is 38.0 cm³/mol. The number of aliphatic hydroxyl groups excluding tert-OH is 1. The van der Waals surface area contributed by atoms with E-state index in [1.165, 1.54) is 0 Å². The highest BCUT2D eigenvalue weighted by atomic mass is 16.7. The zero-order valence-electron chi connectivity index (χ0n) is 6.33. The third kappa shape index (κ3) is 4.14. The Balaban J connectivity index is 3.41. The molecule has 0 heterocycles. The van der Waals surface area contributed by atoms with Gasteiger partial charge in [0.05, 0.1) is 13.2 Å². The molecule has 0 radical (unpaired) electrons. The molecular formula is C6H13NO3. The van der Waals surface area contributed by atoms with Gasteiger partial charge >= 0.3 is 6.08 Å². The van der Waals surface area contributed by atoms with Gasteiger partial charge in [0.15, 0.2) is 0 Å². The van der Waals surface area contributed by atoms with Crippen molar-refractivity contribution in [3.63, 3.8) is 0 Å². The van der Waals surface area contributed by atoms with Crippen LogP contribution >= 0.6 is 0 Å². The highest BCUT2D eigenvalue weighted by Crippen LogP contribution is 1.84. The molecule has 10 heavy (non-hydrogen) atoms. The number of rotatable bonds is 3. The molecule has 1 N–H and O–H groups in total. The molecule has 0 atom stereocenters. The summed E-state index contributed by atoms with van der Waals surface area (Å²) >= 11 is 0. The average molecular weight is 147 g/mol. The fourth-order valence-corrected chi connectivity index (χ4v) is 0.427. The van der Waals surface area contributed by atoms with Crippen LogP contribution in [0.15, 0.2) is 4.99 Å². The first-order valence-electron chi connectivity index (χ1n) is 3.18. The van der Waals surface area contributed by atoms with Gasteiger partial charge in [0, 0.05) is 7.05 Å². The third-order valence-electron chi connectivity index (χ3n) is 0.767. The summed E-state index contributed by atoms with van der Waals surface area (Å²) < 4.78 is 9.77. The number of nitrogens with zero attached hydrogens (tertiary/aromatic N) is 1. The number of hydrogen-bond acceptors (Lipinski definition) is 4. The molecule has 0 spiro atoms. The van der Waals surface area contributed by atoms with Crippen molar-refractivity contribution in [3.8, 4) is 0 Å². The van der Waals surface area contributed by atoms with Crippen LogP contribution in [0.3, 0.4) is 0 Å². The van der Waals surface area contributed by atoms with Crippen molar-refractivity contribution in [1.29, 1.82) is 0 Å². The minimum absolute atomic E-state index is 0.0217. The Morgan fingerprint density at radius 1 is 1.50 bits per heavy atom. The van der Waals surface area contributed by atoms with Crippen molar-refractivity contribution >= 4 is 6.08 Å². The van der Waals surface area contributed by atoms with Crippen LogP contribution in [0.5, 0.6) is 0 Å². The van der Waals surface area contributed by atoms with Crippen LogP contribution in [0.25, 0.3) is 0 Å². The Morgan fingerprint density at radius 3 is 2.60 bits per heavy atom. The Morgan fingerprint density at radius 2 is 2.20 bits per heavy atom. The molecule has 0 unspecified atom stereocenters. The molecule has 0 bridgehead atoms. The summed E-state index contributed by atoms with van der Waals surface area (Å²) in [7, 11) is 1.57. The zero-order valence-corrected chi connectivity index (χ0v) is 6.33. The molecule has 0 saturated carbocycles. The highest BCUT2D eigenvalue weighted by molar-refractivity contribution is 5.66. The monoisotopic (exact) mass is 147 g/mol. The van der Waals surface area contributed by atoms with Gasteiger partial charge in [0.1, 0.15) is 6.61 Å². The number of aliphatic imine (C=N–C) groups is 1. The van der Waals surface area contributed by atoms with Gasteiger partial charge in [0.2, 0.25) is 0 Å². The van der Waals surface area contributed by atoms with E-state index in [-0.39, 0.29) is 19.3 Å². The molecule has 0 saturated heterocycles. The summed E-state index contributed by atoms with van der Waals surface area (Å²) in [5.41, 5.74) is 0. The fourth-order valence-electron chi connectivity index (χ4n) is 0.427. The van der Waals surface area contributed by atoms with Gasteiger partial charge in [-0.3, -0.25) is 0 Å². The van der Waals surface area contributed by atoms with Crippen LogP contribution in [0.1, 0.15) is 6.92 Å². The predicted octanol–water partition coefficient (Wildman–Crippen LogP) is 0.0176. The van der Waals surface area contributed by atoms with Crippen molar-refractivity contribution < 1.29 is 14.6 Å². The summed E-state index contributed by atoms with van der Waals surface area (Å²) in [5.74, 6) is 0. The molecule has 0 aromatic carbocycles. The first-order chi connectivity index (χ1) is 4.85. The highest BCUT2D eigenvalue weighted by Gasteiger charge is 1.95. The van der Waals surface area contributed by atoms with Gasteiger partial charge in [-0.2, -0.15) is 0 Å². The lowest BCUT2D eigenvalue weighted by atomic mass is 10.8. The van der Waals surface area contributed by atoms with Gasteiger partial charge in [0.25, 0.3) is 0 Å². The molecule has 0 aromatic rings.